The first-order valence-electron chi connectivity index (χ1n) is 5.45. The molecule has 0 bridgehead atoms. The van der Waals surface area contributed by atoms with Crippen molar-refractivity contribution in [1.82, 2.24) is 0 Å². The third-order valence-corrected chi connectivity index (χ3v) is 3.14. The maximum absolute atomic E-state index is 5.74. The van der Waals surface area contributed by atoms with Crippen molar-refractivity contribution in [3.8, 4) is 5.75 Å². The lowest BCUT2D eigenvalue weighted by atomic mass is 10.1. The Labute approximate surface area is 101 Å². The number of hydrogen-bond donors (Lipinski definition) is 1. The van der Waals surface area contributed by atoms with E-state index in [1.807, 2.05) is 18.2 Å². The maximum atomic E-state index is 5.74. The van der Waals surface area contributed by atoms with Crippen molar-refractivity contribution in [3.63, 3.8) is 0 Å². The van der Waals surface area contributed by atoms with Crippen molar-refractivity contribution >= 4 is 22.9 Å². The molecule has 0 spiro atoms. The van der Waals surface area contributed by atoms with Crippen LogP contribution >= 0.6 is 12.2 Å². The van der Waals surface area contributed by atoms with Gasteiger partial charge in [-0.3, -0.25) is 0 Å². The molecule has 1 aliphatic heterocycles. The molecule has 1 aromatic carbocycles. The number of methoxy groups -OCH3 is 1. The third-order valence-electron chi connectivity index (χ3n) is 2.92. The number of benzene rings is 1. The van der Waals surface area contributed by atoms with Gasteiger partial charge in [0.2, 0.25) is 0 Å². The average Bonchev–Trinajstić information content (AvgIpc) is 2.81. The zero-order chi connectivity index (χ0) is 11.5. The molecule has 1 fully saturated rings. The summed E-state index contributed by atoms with van der Waals surface area (Å²) in [6, 6.07) is 5.85. The highest BCUT2D eigenvalue weighted by molar-refractivity contribution is 7.80. The van der Waals surface area contributed by atoms with Crippen molar-refractivity contribution in [2.24, 2.45) is 5.73 Å². The van der Waals surface area contributed by atoms with Gasteiger partial charge in [-0.1, -0.05) is 12.2 Å². The van der Waals surface area contributed by atoms with E-state index in [0.717, 1.165) is 30.1 Å². The predicted octanol–water partition coefficient (Wildman–Crippen LogP) is 1.93. The Morgan fingerprint density at radius 3 is 2.62 bits per heavy atom. The van der Waals surface area contributed by atoms with Gasteiger partial charge in [0, 0.05) is 24.7 Å². The first-order chi connectivity index (χ1) is 7.72. The Balaban J connectivity index is 2.40. The minimum absolute atomic E-state index is 0.449. The fourth-order valence-electron chi connectivity index (χ4n) is 2.07. The second-order valence-electron chi connectivity index (χ2n) is 3.94. The summed E-state index contributed by atoms with van der Waals surface area (Å²) >= 11 is 5.07. The van der Waals surface area contributed by atoms with Crippen molar-refractivity contribution in [1.29, 1.82) is 0 Å². The van der Waals surface area contributed by atoms with Gasteiger partial charge >= 0.3 is 0 Å². The molecule has 3 nitrogen and oxygen atoms in total. The Morgan fingerprint density at radius 1 is 1.38 bits per heavy atom. The van der Waals surface area contributed by atoms with Crippen LogP contribution in [0.25, 0.3) is 0 Å². The predicted molar refractivity (Wildman–Crippen MR) is 70.3 cm³/mol. The zero-order valence-electron chi connectivity index (χ0n) is 9.40. The fourth-order valence-corrected chi connectivity index (χ4v) is 2.24. The lowest BCUT2D eigenvalue weighted by Gasteiger charge is -2.21. The van der Waals surface area contributed by atoms with Gasteiger partial charge in [-0.15, -0.1) is 0 Å². The Hall–Kier alpha value is -1.29. The molecule has 1 aromatic rings. The monoisotopic (exact) mass is 236 g/mol. The molecule has 0 atom stereocenters. The van der Waals surface area contributed by atoms with Crippen LogP contribution in [0.2, 0.25) is 0 Å². The topological polar surface area (TPSA) is 38.5 Å². The lowest BCUT2D eigenvalue weighted by molar-refractivity contribution is 0.415. The first-order valence-corrected chi connectivity index (χ1v) is 5.86. The quantitative estimate of drug-likeness (QED) is 0.814. The van der Waals surface area contributed by atoms with E-state index in [0.29, 0.717) is 4.99 Å². The lowest BCUT2D eigenvalue weighted by Crippen LogP contribution is -2.22. The molecule has 2 N–H and O–H groups in total. The van der Waals surface area contributed by atoms with E-state index >= 15 is 0 Å². The van der Waals surface area contributed by atoms with Gasteiger partial charge in [0.1, 0.15) is 10.7 Å². The largest absolute Gasteiger partial charge is 0.497 e. The number of nitrogens with two attached hydrogens (primary N) is 1. The Kier molecular flexibility index (Phi) is 3.29. The molecule has 1 aliphatic rings. The van der Waals surface area contributed by atoms with Gasteiger partial charge < -0.3 is 15.4 Å². The van der Waals surface area contributed by atoms with Gasteiger partial charge in [0.05, 0.1) is 12.8 Å². The van der Waals surface area contributed by atoms with Crippen LogP contribution in [0.5, 0.6) is 5.75 Å². The molecule has 1 saturated heterocycles. The molecule has 0 radical (unpaired) electrons. The number of ether oxygens (including phenoxy) is 1. The summed E-state index contributed by atoms with van der Waals surface area (Å²) in [4.78, 5) is 2.77. The summed E-state index contributed by atoms with van der Waals surface area (Å²) in [6.07, 6.45) is 2.46. The molecule has 0 aromatic heterocycles. The van der Waals surface area contributed by atoms with E-state index in [9.17, 15) is 0 Å². The van der Waals surface area contributed by atoms with Crippen molar-refractivity contribution in [2.75, 3.05) is 25.1 Å². The van der Waals surface area contributed by atoms with E-state index in [2.05, 4.69) is 4.90 Å². The van der Waals surface area contributed by atoms with E-state index < -0.39 is 0 Å². The fraction of sp³-hybridized carbons (Fsp3) is 0.417. The second-order valence-corrected chi connectivity index (χ2v) is 4.38. The van der Waals surface area contributed by atoms with Crippen LogP contribution in [0.3, 0.4) is 0 Å². The van der Waals surface area contributed by atoms with Crippen LogP contribution in [0.15, 0.2) is 18.2 Å². The minimum Gasteiger partial charge on any atom is -0.497 e. The van der Waals surface area contributed by atoms with Crippen molar-refractivity contribution < 1.29 is 4.74 Å². The molecule has 2 rings (SSSR count). The summed E-state index contributed by atoms with van der Waals surface area (Å²) < 4.78 is 5.24. The Morgan fingerprint density at radius 2 is 2.06 bits per heavy atom. The molecule has 0 aliphatic carbocycles. The number of thiocarbonyl (C=S) groups is 1. The maximum Gasteiger partial charge on any atom is 0.120 e. The molecule has 4 heteroatoms. The van der Waals surface area contributed by atoms with Crippen LogP contribution in [-0.4, -0.2) is 25.2 Å². The highest BCUT2D eigenvalue weighted by Crippen LogP contribution is 2.28. The first kappa shape index (κ1) is 11.2. The van der Waals surface area contributed by atoms with Crippen LogP contribution < -0.4 is 15.4 Å². The van der Waals surface area contributed by atoms with Gasteiger partial charge in [0.25, 0.3) is 0 Å². The number of anilines is 1. The van der Waals surface area contributed by atoms with Crippen molar-refractivity contribution in [2.45, 2.75) is 12.8 Å². The number of rotatable bonds is 3. The number of nitrogens with zero attached hydrogens (tertiary/aromatic N) is 1. The van der Waals surface area contributed by atoms with Crippen LogP contribution in [0.4, 0.5) is 5.69 Å². The second kappa shape index (κ2) is 4.70. The molecule has 0 amide bonds. The summed E-state index contributed by atoms with van der Waals surface area (Å²) in [5, 5.41) is 0. The molecule has 1 heterocycles. The number of hydrogen-bond acceptors (Lipinski definition) is 3. The molecule has 16 heavy (non-hydrogen) atoms. The third kappa shape index (κ3) is 2.11. The summed E-state index contributed by atoms with van der Waals surface area (Å²) in [5.74, 6) is 0.849. The van der Waals surface area contributed by atoms with E-state index in [1.165, 1.54) is 12.8 Å². The highest BCUT2D eigenvalue weighted by Gasteiger charge is 2.17. The normalized spacial score (nSPS) is 15.2. The van der Waals surface area contributed by atoms with Crippen LogP contribution in [0.1, 0.15) is 18.4 Å². The molecule has 86 valence electrons. The average molecular weight is 236 g/mol. The van der Waals surface area contributed by atoms with Gasteiger partial charge in [-0.05, 0) is 25.0 Å². The summed E-state index contributed by atoms with van der Waals surface area (Å²) in [7, 11) is 1.67. The zero-order valence-corrected chi connectivity index (χ0v) is 10.2. The summed E-state index contributed by atoms with van der Waals surface area (Å²) in [6.45, 7) is 2.14. The summed E-state index contributed by atoms with van der Waals surface area (Å²) in [5.41, 5.74) is 7.78. The van der Waals surface area contributed by atoms with Gasteiger partial charge in [-0.25, -0.2) is 0 Å². The minimum atomic E-state index is 0.449. The van der Waals surface area contributed by atoms with E-state index in [4.69, 9.17) is 22.7 Å². The molecular weight excluding hydrogens is 220 g/mol. The molecule has 0 unspecified atom stereocenters. The van der Waals surface area contributed by atoms with E-state index in [-0.39, 0.29) is 0 Å². The van der Waals surface area contributed by atoms with Gasteiger partial charge in [-0.2, -0.15) is 0 Å². The SMILES string of the molecule is COc1ccc(C(N)=S)c(N2CCCC2)c1. The van der Waals surface area contributed by atoms with Crippen molar-refractivity contribution in [3.05, 3.63) is 23.8 Å². The van der Waals surface area contributed by atoms with E-state index in [1.54, 1.807) is 7.11 Å². The Bertz CT molecular complexity index is 400. The standard InChI is InChI=1S/C12H16N2OS/c1-15-9-4-5-10(12(13)16)11(8-9)14-6-2-3-7-14/h4-5,8H,2-3,6-7H2,1H3,(H2,13,16). The van der Waals surface area contributed by atoms with Crippen LogP contribution in [-0.2, 0) is 0 Å². The smallest absolute Gasteiger partial charge is 0.120 e. The molecular formula is C12H16N2OS. The van der Waals surface area contributed by atoms with Crippen LogP contribution in [0, 0.1) is 0 Å². The highest BCUT2D eigenvalue weighted by atomic mass is 32.1. The van der Waals surface area contributed by atoms with Gasteiger partial charge in [0.15, 0.2) is 0 Å². The molecule has 0 saturated carbocycles.